The average molecular weight is 253 g/mol. The van der Waals surface area contributed by atoms with Gasteiger partial charge in [0.1, 0.15) is 0 Å². The molecule has 0 bridgehead atoms. The van der Waals surface area contributed by atoms with Crippen molar-refractivity contribution in [2.45, 2.75) is 30.5 Å². The standard InChI is InChI=1S/C10H14Cl2O3/c1-3-4-5-6-7-8(13)10(11,12)9(14)15-2/h3-4H,5-7H2,1-2H3/b4-3+. The number of Topliss-reactive ketones (excluding diaryl/α,β-unsaturated/α-hetero) is 1. The van der Waals surface area contributed by atoms with E-state index in [2.05, 4.69) is 4.74 Å². The van der Waals surface area contributed by atoms with Crippen LogP contribution >= 0.6 is 23.2 Å². The smallest absolute Gasteiger partial charge is 0.350 e. The van der Waals surface area contributed by atoms with Gasteiger partial charge in [0.05, 0.1) is 7.11 Å². The fourth-order valence-electron chi connectivity index (χ4n) is 0.946. The molecule has 0 saturated heterocycles. The molecule has 0 amide bonds. The summed E-state index contributed by atoms with van der Waals surface area (Å²) in [5, 5.41) is 0. The topological polar surface area (TPSA) is 43.4 Å². The van der Waals surface area contributed by atoms with Gasteiger partial charge in [0, 0.05) is 6.42 Å². The second-order valence-electron chi connectivity index (χ2n) is 2.95. The monoisotopic (exact) mass is 252 g/mol. The molecule has 0 rings (SSSR count). The molecule has 0 aromatic heterocycles. The second-order valence-corrected chi connectivity index (χ2v) is 4.28. The summed E-state index contributed by atoms with van der Waals surface area (Å²) in [7, 11) is 1.13. The molecule has 0 N–H and O–H groups in total. The highest BCUT2D eigenvalue weighted by atomic mass is 35.5. The molecular weight excluding hydrogens is 239 g/mol. The van der Waals surface area contributed by atoms with E-state index in [0.29, 0.717) is 6.42 Å². The first-order valence-electron chi connectivity index (χ1n) is 4.57. The van der Waals surface area contributed by atoms with Gasteiger partial charge < -0.3 is 4.74 Å². The Labute approximate surface area is 99.4 Å². The van der Waals surface area contributed by atoms with Gasteiger partial charge in [-0.2, -0.15) is 0 Å². The molecule has 0 radical (unpaired) electrons. The minimum absolute atomic E-state index is 0.159. The zero-order valence-electron chi connectivity index (χ0n) is 8.76. The van der Waals surface area contributed by atoms with Crippen LogP contribution in [-0.2, 0) is 14.3 Å². The Balaban J connectivity index is 4.14. The van der Waals surface area contributed by atoms with E-state index < -0.39 is 16.1 Å². The molecule has 0 unspecified atom stereocenters. The highest BCUT2D eigenvalue weighted by molar-refractivity contribution is 6.67. The lowest BCUT2D eigenvalue weighted by atomic mass is 10.1. The van der Waals surface area contributed by atoms with E-state index in [4.69, 9.17) is 23.2 Å². The number of hydrogen-bond acceptors (Lipinski definition) is 3. The van der Waals surface area contributed by atoms with Gasteiger partial charge in [-0.05, 0) is 19.8 Å². The number of carbonyl (C=O) groups is 2. The molecule has 86 valence electrons. The Kier molecular flexibility index (Phi) is 6.61. The maximum atomic E-state index is 11.4. The Hall–Kier alpha value is -0.540. The van der Waals surface area contributed by atoms with Crippen molar-refractivity contribution >= 4 is 35.0 Å². The number of halogens is 2. The van der Waals surface area contributed by atoms with Crippen molar-refractivity contribution in [3.8, 4) is 0 Å². The molecule has 0 spiro atoms. The van der Waals surface area contributed by atoms with Crippen molar-refractivity contribution in [3.63, 3.8) is 0 Å². The summed E-state index contributed by atoms with van der Waals surface area (Å²) in [6.07, 6.45) is 5.34. The summed E-state index contributed by atoms with van der Waals surface area (Å²) < 4.78 is 2.26. The van der Waals surface area contributed by atoms with Crippen LogP contribution in [0.2, 0.25) is 0 Å². The van der Waals surface area contributed by atoms with E-state index in [1.165, 1.54) is 0 Å². The summed E-state index contributed by atoms with van der Waals surface area (Å²) in [5.41, 5.74) is 0. The number of allylic oxidation sites excluding steroid dienone is 2. The van der Waals surface area contributed by atoms with Crippen molar-refractivity contribution in [3.05, 3.63) is 12.2 Å². The zero-order chi connectivity index (χ0) is 11.9. The molecule has 3 nitrogen and oxygen atoms in total. The van der Waals surface area contributed by atoms with Crippen molar-refractivity contribution < 1.29 is 14.3 Å². The Morgan fingerprint density at radius 1 is 1.40 bits per heavy atom. The molecule has 15 heavy (non-hydrogen) atoms. The number of methoxy groups -OCH3 is 1. The SMILES string of the molecule is C/C=C/CCCC(=O)C(Cl)(Cl)C(=O)OC. The molecule has 0 aliphatic heterocycles. The van der Waals surface area contributed by atoms with Crippen molar-refractivity contribution in [1.82, 2.24) is 0 Å². The number of ether oxygens (including phenoxy) is 1. The van der Waals surface area contributed by atoms with E-state index in [9.17, 15) is 9.59 Å². The number of unbranched alkanes of at least 4 members (excludes halogenated alkanes) is 1. The maximum absolute atomic E-state index is 11.4. The summed E-state index contributed by atoms with van der Waals surface area (Å²) >= 11 is 11.1. The van der Waals surface area contributed by atoms with Gasteiger partial charge in [-0.25, -0.2) is 4.79 Å². The first-order valence-corrected chi connectivity index (χ1v) is 5.33. The number of rotatable bonds is 6. The van der Waals surface area contributed by atoms with Gasteiger partial charge in [0.15, 0.2) is 5.78 Å². The highest BCUT2D eigenvalue weighted by Gasteiger charge is 2.42. The first kappa shape index (κ1) is 14.5. The number of esters is 1. The van der Waals surface area contributed by atoms with Gasteiger partial charge in [-0.1, -0.05) is 35.4 Å². The minimum Gasteiger partial charge on any atom is -0.466 e. The van der Waals surface area contributed by atoms with E-state index in [1.807, 2.05) is 19.1 Å². The largest absolute Gasteiger partial charge is 0.466 e. The molecule has 0 aliphatic carbocycles. The third kappa shape index (κ3) is 4.67. The van der Waals surface area contributed by atoms with Gasteiger partial charge >= 0.3 is 5.97 Å². The molecular formula is C10H14Cl2O3. The van der Waals surface area contributed by atoms with Gasteiger partial charge in [-0.3, -0.25) is 4.79 Å². The second kappa shape index (κ2) is 6.85. The number of hydrogen-bond donors (Lipinski definition) is 0. The van der Waals surface area contributed by atoms with Crippen molar-refractivity contribution in [1.29, 1.82) is 0 Å². The predicted octanol–water partition coefficient (Wildman–Crippen LogP) is 2.65. The average Bonchev–Trinajstić information content (AvgIpc) is 2.22. The van der Waals surface area contributed by atoms with E-state index in [-0.39, 0.29) is 6.42 Å². The normalized spacial score (nSPS) is 11.7. The summed E-state index contributed by atoms with van der Waals surface area (Å²) in [6, 6.07) is 0. The van der Waals surface area contributed by atoms with Crippen LogP contribution in [0.15, 0.2) is 12.2 Å². The third-order valence-corrected chi connectivity index (χ3v) is 2.53. The number of ketones is 1. The highest BCUT2D eigenvalue weighted by Crippen LogP contribution is 2.26. The first-order chi connectivity index (χ1) is 6.96. The quantitative estimate of drug-likeness (QED) is 0.240. The van der Waals surface area contributed by atoms with Crippen LogP contribution in [0.1, 0.15) is 26.2 Å². The van der Waals surface area contributed by atoms with Crippen LogP contribution < -0.4 is 0 Å². The summed E-state index contributed by atoms with van der Waals surface area (Å²) in [4.78, 5) is 22.5. The molecule has 0 aromatic rings. The number of alkyl halides is 2. The molecule has 5 heteroatoms. The number of carbonyl (C=O) groups excluding carboxylic acids is 2. The predicted molar refractivity (Wildman–Crippen MR) is 60.1 cm³/mol. The lowest BCUT2D eigenvalue weighted by Gasteiger charge is -2.14. The van der Waals surface area contributed by atoms with E-state index >= 15 is 0 Å². The van der Waals surface area contributed by atoms with Crippen molar-refractivity contribution in [2.75, 3.05) is 7.11 Å². The van der Waals surface area contributed by atoms with Crippen LogP contribution in [0.5, 0.6) is 0 Å². The van der Waals surface area contributed by atoms with Crippen LogP contribution in [-0.4, -0.2) is 23.2 Å². The summed E-state index contributed by atoms with van der Waals surface area (Å²) in [5.74, 6) is -1.45. The van der Waals surface area contributed by atoms with Gasteiger partial charge in [0.25, 0.3) is 4.33 Å². The van der Waals surface area contributed by atoms with E-state index in [1.54, 1.807) is 0 Å². The molecule has 0 atom stereocenters. The molecule has 0 aromatic carbocycles. The fraction of sp³-hybridized carbons (Fsp3) is 0.600. The Morgan fingerprint density at radius 3 is 2.47 bits per heavy atom. The van der Waals surface area contributed by atoms with Gasteiger partial charge in [0.2, 0.25) is 0 Å². The van der Waals surface area contributed by atoms with Crippen LogP contribution in [0.25, 0.3) is 0 Å². The Bertz CT molecular complexity index is 259. The fourth-order valence-corrected chi connectivity index (χ4v) is 1.29. The summed E-state index contributed by atoms with van der Waals surface area (Å²) in [6.45, 7) is 1.89. The Morgan fingerprint density at radius 2 is 2.00 bits per heavy atom. The van der Waals surface area contributed by atoms with E-state index in [0.717, 1.165) is 13.5 Å². The lowest BCUT2D eigenvalue weighted by Crippen LogP contribution is -2.36. The van der Waals surface area contributed by atoms with Crippen molar-refractivity contribution in [2.24, 2.45) is 0 Å². The zero-order valence-corrected chi connectivity index (χ0v) is 10.3. The van der Waals surface area contributed by atoms with Crippen LogP contribution in [0.3, 0.4) is 0 Å². The molecule has 0 fully saturated rings. The third-order valence-electron chi connectivity index (χ3n) is 1.80. The molecule has 0 heterocycles. The van der Waals surface area contributed by atoms with Crippen LogP contribution in [0.4, 0.5) is 0 Å². The lowest BCUT2D eigenvalue weighted by molar-refractivity contribution is -0.144. The maximum Gasteiger partial charge on any atom is 0.350 e. The molecule has 0 saturated carbocycles. The minimum atomic E-state index is -2.06. The molecule has 0 aliphatic rings. The van der Waals surface area contributed by atoms with Crippen LogP contribution in [0, 0.1) is 0 Å². The van der Waals surface area contributed by atoms with Gasteiger partial charge in [-0.15, -0.1) is 0 Å².